The summed E-state index contributed by atoms with van der Waals surface area (Å²) < 4.78 is 43.4. The average Bonchev–Trinajstić information content (AvgIpc) is 3.13. The van der Waals surface area contributed by atoms with Crippen LogP contribution in [-0.4, -0.2) is 98.3 Å². The molecule has 2 saturated heterocycles. The Morgan fingerprint density at radius 1 is 1.30 bits per heavy atom. The Hall–Kier alpha value is -2.33. The Balaban J connectivity index is 1.56. The van der Waals surface area contributed by atoms with Gasteiger partial charge < -0.3 is 19.9 Å². The summed E-state index contributed by atoms with van der Waals surface area (Å²) in [4.78, 5) is 21.3. The number of likely N-dealkylation sites (N-methyl/N-ethyl adjacent to an activating group) is 1. The zero-order chi connectivity index (χ0) is 21.7. The van der Waals surface area contributed by atoms with E-state index < -0.39 is 18.6 Å². The zero-order valence-corrected chi connectivity index (χ0v) is 17.2. The van der Waals surface area contributed by atoms with E-state index in [0.717, 1.165) is 20.1 Å². The molecule has 0 saturated carbocycles. The summed E-state index contributed by atoms with van der Waals surface area (Å²) in [6.07, 6.45) is -4.40. The molecule has 1 N–H and O–H groups in total. The minimum atomic E-state index is -4.42. The third-order valence-corrected chi connectivity index (χ3v) is 5.40. The number of alkyl halides is 3. The van der Waals surface area contributed by atoms with Crippen LogP contribution in [0.2, 0.25) is 0 Å². The molecule has 3 rings (SSSR count). The standard InChI is InChI=1S/C20H28F3N5O2/c1-24-19(25-10-18(29)26(2)14-20(21,22)23)28-12-16-17(13-28)30-9-8-27(16)11-15-6-4-3-5-7-15/h3-7,16-17H,8-14H2,1-2H3,(H,24,25). The predicted molar refractivity (Wildman–Crippen MR) is 107 cm³/mol. The van der Waals surface area contributed by atoms with E-state index in [1.165, 1.54) is 5.56 Å². The van der Waals surface area contributed by atoms with Crippen molar-refractivity contribution >= 4 is 11.9 Å². The lowest BCUT2D eigenvalue weighted by atomic mass is 10.1. The van der Waals surface area contributed by atoms with E-state index >= 15 is 0 Å². The Morgan fingerprint density at radius 3 is 2.70 bits per heavy atom. The van der Waals surface area contributed by atoms with Gasteiger partial charge in [-0.1, -0.05) is 30.3 Å². The molecule has 0 bridgehead atoms. The van der Waals surface area contributed by atoms with Crippen LogP contribution in [0.4, 0.5) is 13.2 Å². The number of nitrogens with zero attached hydrogens (tertiary/aromatic N) is 4. The van der Waals surface area contributed by atoms with Crippen molar-refractivity contribution in [2.75, 3.05) is 53.4 Å². The Labute approximate surface area is 174 Å². The van der Waals surface area contributed by atoms with Crippen LogP contribution in [-0.2, 0) is 16.1 Å². The lowest BCUT2D eigenvalue weighted by Gasteiger charge is -2.36. The number of benzene rings is 1. The lowest BCUT2D eigenvalue weighted by molar-refractivity contribution is -0.157. The quantitative estimate of drug-likeness (QED) is 0.565. The van der Waals surface area contributed by atoms with Gasteiger partial charge in [0.1, 0.15) is 6.54 Å². The molecule has 2 unspecified atom stereocenters. The van der Waals surface area contributed by atoms with Crippen molar-refractivity contribution in [2.24, 2.45) is 4.99 Å². The number of carbonyl (C=O) groups excluding carboxylic acids is 1. The second kappa shape index (κ2) is 9.65. The first kappa shape index (κ1) is 22.4. The molecule has 1 aromatic rings. The summed E-state index contributed by atoms with van der Waals surface area (Å²) in [6, 6.07) is 10.4. The van der Waals surface area contributed by atoms with Crippen molar-refractivity contribution in [3.8, 4) is 0 Å². The maximum Gasteiger partial charge on any atom is 0.406 e. The summed E-state index contributed by atoms with van der Waals surface area (Å²) >= 11 is 0. The molecule has 2 atom stereocenters. The summed E-state index contributed by atoms with van der Waals surface area (Å²) in [5.41, 5.74) is 1.23. The van der Waals surface area contributed by atoms with Crippen molar-refractivity contribution in [1.82, 2.24) is 20.0 Å². The van der Waals surface area contributed by atoms with Gasteiger partial charge in [-0.05, 0) is 5.56 Å². The second-order valence-electron chi connectivity index (χ2n) is 7.60. The molecule has 30 heavy (non-hydrogen) atoms. The van der Waals surface area contributed by atoms with Crippen molar-refractivity contribution < 1.29 is 22.7 Å². The minimum absolute atomic E-state index is 0.0182. The molecule has 2 aliphatic heterocycles. The number of hydrogen-bond acceptors (Lipinski definition) is 4. The molecule has 1 aromatic carbocycles. The highest BCUT2D eigenvalue weighted by Gasteiger charge is 2.41. The van der Waals surface area contributed by atoms with E-state index in [1.807, 2.05) is 23.1 Å². The number of morpholine rings is 1. The van der Waals surface area contributed by atoms with E-state index in [1.54, 1.807) is 7.05 Å². The number of nitrogens with one attached hydrogen (secondary N) is 1. The van der Waals surface area contributed by atoms with Gasteiger partial charge in [0.05, 0.1) is 25.3 Å². The maximum absolute atomic E-state index is 12.5. The molecule has 2 fully saturated rings. The van der Waals surface area contributed by atoms with Crippen LogP contribution in [0.1, 0.15) is 5.56 Å². The highest BCUT2D eigenvalue weighted by Crippen LogP contribution is 2.24. The highest BCUT2D eigenvalue weighted by atomic mass is 19.4. The molecule has 2 aliphatic rings. The topological polar surface area (TPSA) is 60.4 Å². The number of guanidine groups is 1. The number of likely N-dealkylation sites (tertiary alicyclic amines) is 1. The van der Waals surface area contributed by atoms with E-state index in [0.29, 0.717) is 30.6 Å². The first-order chi connectivity index (χ1) is 14.3. The Bertz CT molecular complexity index is 744. The summed E-state index contributed by atoms with van der Waals surface area (Å²) in [7, 11) is 2.73. The second-order valence-corrected chi connectivity index (χ2v) is 7.60. The summed E-state index contributed by atoms with van der Waals surface area (Å²) in [5.74, 6) is -0.159. The fourth-order valence-corrected chi connectivity index (χ4v) is 3.92. The van der Waals surface area contributed by atoms with Gasteiger partial charge in [-0.3, -0.25) is 14.7 Å². The Kier molecular flexibility index (Phi) is 7.19. The van der Waals surface area contributed by atoms with Crippen LogP contribution in [0, 0.1) is 0 Å². The van der Waals surface area contributed by atoms with Crippen LogP contribution >= 0.6 is 0 Å². The molecule has 166 valence electrons. The fourth-order valence-electron chi connectivity index (χ4n) is 3.92. The first-order valence-electron chi connectivity index (χ1n) is 9.92. The Morgan fingerprint density at radius 2 is 2.03 bits per heavy atom. The molecule has 0 aliphatic carbocycles. The molecule has 7 nitrogen and oxygen atoms in total. The van der Waals surface area contributed by atoms with Gasteiger partial charge in [-0.25, -0.2) is 0 Å². The molecule has 1 amide bonds. The number of amides is 1. The number of carbonyl (C=O) groups is 1. The molecule has 10 heteroatoms. The van der Waals surface area contributed by atoms with Crippen LogP contribution in [0.25, 0.3) is 0 Å². The number of rotatable bonds is 5. The SMILES string of the molecule is CN=C(NCC(=O)N(C)CC(F)(F)F)N1CC2OCCN(Cc3ccccc3)C2C1. The molecule has 2 heterocycles. The molecule has 0 radical (unpaired) electrons. The van der Waals surface area contributed by atoms with Gasteiger partial charge in [-0.2, -0.15) is 13.2 Å². The number of fused-ring (bicyclic) bond motifs is 1. The monoisotopic (exact) mass is 427 g/mol. The maximum atomic E-state index is 12.5. The van der Waals surface area contributed by atoms with E-state index in [-0.39, 0.29) is 18.7 Å². The third-order valence-electron chi connectivity index (χ3n) is 5.40. The molecule has 0 spiro atoms. The fraction of sp³-hybridized carbons (Fsp3) is 0.600. The van der Waals surface area contributed by atoms with Crippen LogP contribution in [0.15, 0.2) is 35.3 Å². The zero-order valence-electron chi connectivity index (χ0n) is 17.2. The largest absolute Gasteiger partial charge is 0.406 e. The molecular weight excluding hydrogens is 399 g/mol. The third kappa shape index (κ3) is 5.85. The van der Waals surface area contributed by atoms with Crippen molar-refractivity contribution in [1.29, 1.82) is 0 Å². The number of hydrogen-bond donors (Lipinski definition) is 1. The van der Waals surface area contributed by atoms with E-state index in [4.69, 9.17) is 4.74 Å². The van der Waals surface area contributed by atoms with Gasteiger partial charge >= 0.3 is 6.18 Å². The van der Waals surface area contributed by atoms with Gasteiger partial charge in [-0.15, -0.1) is 0 Å². The van der Waals surface area contributed by atoms with Crippen LogP contribution < -0.4 is 5.32 Å². The normalized spacial score (nSPS) is 22.7. The van der Waals surface area contributed by atoms with Gasteiger partial charge in [0.2, 0.25) is 5.91 Å². The summed E-state index contributed by atoms with van der Waals surface area (Å²) in [5, 5.41) is 2.90. The van der Waals surface area contributed by atoms with E-state index in [9.17, 15) is 18.0 Å². The minimum Gasteiger partial charge on any atom is -0.373 e. The van der Waals surface area contributed by atoms with Crippen molar-refractivity contribution in [3.63, 3.8) is 0 Å². The van der Waals surface area contributed by atoms with Gasteiger partial charge in [0.25, 0.3) is 0 Å². The van der Waals surface area contributed by atoms with Crippen LogP contribution in [0.5, 0.6) is 0 Å². The van der Waals surface area contributed by atoms with Gasteiger partial charge in [0, 0.05) is 40.3 Å². The van der Waals surface area contributed by atoms with Crippen LogP contribution in [0.3, 0.4) is 0 Å². The van der Waals surface area contributed by atoms with E-state index in [2.05, 4.69) is 27.3 Å². The number of ether oxygens (including phenoxy) is 1. The van der Waals surface area contributed by atoms with Crippen molar-refractivity contribution in [3.05, 3.63) is 35.9 Å². The number of aliphatic imine (C=N–C) groups is 1. The van der Waals surface area contributed by atoms with Crippen molar-refractivity contribution in [2.45, 2.75) is 24.9 Å². The lowest BCUT2D eigenvalue weighted by Crippen LogP contribution is -2.50. The number of halogens is 3. The predicted octanol–water partition coefficient (Wildman–Crippen LogP) is 1.17. The van der Waals surface area contributed by atoms with Gasteiger partial charge in [0.15, 0.2) is 5.96 Å². The first-order valence-corrected chi connectivity index (χ1v) is 9.92. The average molecular weight is 427 g/mol. The highest BCUT2D eigenvalue weighted by molar-refractivity contribution is 5.86. The summed E-state index contributed by atoms with van der Waals surface area (Å²) in [6.45, 7) is 2.06. The smallest absolute Gasteiger partial charge is 0.373 e. The molecular formula is C20H28F3N5O2. The molecule has 0 aromatic heterocycles.